The first-order chi connectivity index (χ1) is 11.0. The highest BCUT2D eigenvalue weighted by atomic mass is 16.5. The second-order valence-corrected chi connectivity index (χ2v) is 5.92. The lowest BCUT2D eigenvalue weighted by Gasteiger charge is -2.19. The number of phenols is 2. The maximum atomic E-state index is 11.2. The molecule has 3 rings (SSSR count). The van der Waals surface area contributed by atoms with Gasteiger partial charge in [-0.05, 0) is 13.3 Å². The Labute approximate surface area is 135 Å². The van der Waals surface area contributed by atoms with Crippen molar-refractivity contribution in [3.05, 3.63) is 17.2 Å². The summed E-state index contributed by atoms with van der Waals surface area (Å²) in [6, 6.07) is 0. The molecular weight excluding hydrogens is 296 g/mol. The number of rotatable bonds is 6. The molecule has 0 aliphatic carbocycles. The van der Waals surface area contributed by atoms with Crippen LogP contribution in [0, 0.1) is 6.92 Å². The molecule has 6 heteroatoms. The summed E-state index contributed by atoms with van der Waals surface area (Å²) in [4.78, 5) is 15.2. The Hall–Kier alpha value is -2.37. The highest BCUT2D eigenvalue weighted by molar-refractivity contribution is 5.89. The number of anilines is 2. The van der Waals surface area contributed by atoms with E-state index in [0.717, 1.165) is 26.2 Å². The second-order valence-electron chi connectivity index (χ2n) is 5.92. The quantitative estimate of drug-likeness (QED) is 0.475. The summed E-state index contributed by atoms with van der Waals surface area (Å²) in [5.74, 6) is 0.172. The fraction of sp³-hybridized carbons (Fsp3) is 0.471. The fourth-order valence-electron chi connectivity index (χ4n) is 2.75. The van der Waals surface area contributed by atoms with Gasteiger partial charge in [-0.15, -0.1) is 0 Å². The average molecular weight is 318 g/mol. The van der Waals surface area contributed by atoms with Crippen LogP contribution in [0.2, 0.25) is 0 Å². The molecule has 2 aliphatic heterocycles. The highest BCUT2D eigenvalue weighted by Crippen LogP contribution is 2.50. The summed E-state index contributed by atoms with van der Waals surface area (Å²) < 4.78 is 4.61. The molecule has 2 aliphatic rings. The monoisotopic (exact) mass is 318 g/mol. The van der Waals surface area contributed by atoms with Crippen LogP contribution in [0.25, 0.3) is 6.08 Å². The van der Waals surface area contributed by atoms with E-state index in [1.54, 1.807) is 6.08 Å². The first kappa shape index (κ1) is 15.5. The van der Waals surface area contributed by atoms with E-state index in [0.29, 0.717) is 35.3 Å². The lowest BCUT2D eigenvalue weighted by molar-refractivity contribution is -0.140. The van der Waals surface area contributed by atoms with E-state index < -0.39 is 0 Å². The number of hydrogen-bond donors (Lipinski definition) is 2. The summed E-state index contributed by atoms with van der Waals surface area (Å²) in [5, 5.41) is 21.3. The third-order valence-corrected chi connectivity index (χ3v) is 4.22. The number of methoxy groups -OCH3 is 1. The zero-order valence-electron chi connectivity index (χ0n) is 13.5. The zero-order valence-corrected chi connectivity index (χ0v) is 13.5. The Morgan fingerprint density at radius 3 is 2.30 bits per heavy atom. The van der Waals surface area contributed by atoms with Crippen LogP contribution >= 0.6 is 0 Å². The van der Waals surface area contributed by atoms with Gasteiger partial charge in [0.1, 0.15) is 11.5 Å². The van der Waals surface area contributed by atoms with Crippen molar-refractivity contribution in [2.24, 2.45) is 0 Å². The molecule has 2 saturated heterocycles. The summed E-state index contributed by atoms with van der Waals surface area (Å²) in [5.41, 5.74) is 2.73. The van der Waals surface area contributed by atoms with Gasteiger partial charge in [-0.1, -0.05) is 12.2 Å². The first-order valence-corrected chi connectivity index (χ1v) is 7.86. The van der Waals surface area contributed by atoms with Gasteiger partial charge in [0.05, 0.1) is 18.5 Å². The molecule has 0 aromatic heterocycles. The number of hydrogen-bond acceptors (Lipinski definition) is 6. The van der Waals surface area contributed by atoms with Gasteiger partial charge in [-0.3, -0.25) is 4.79 Å². The largest absolute Gasteiger partial charge is 0.505 e. The molecule has 0 bridgehead atoms. The van der Waals surface area contributed by atoms with E-state index in [4.69, 9.17) is 0 Å². The minimum atomic E-state index is -0.262. The van der Waals surface area contributed by atoms with Crippen molar-refractivity contribution in [3.63, 3.8) is 0 Å². The molecule has 1 aromatic rings. The maximum Gasteiger partial charge on any atom is 0.305 e. The summed E-state index contributed by atoms with van der Waals surface area (Å²) in [6.07, 6.45) is 4.45. The van der Waals surface area contributed by atoms with E-state index in [-0.39, 0.29) is 17.5 Å². The molecule has 0 radical (unpaired) electrons. The Kier molecular flexibility index (Phi) is 4.07. The number of allylic oxidation sites excluding steroid dienone is 1. The maximum absolute atomic E-state index is 11.2. The van der Waals surface area contributed by atoms with Crippen molar-refractivity contribution >= 4 is 23.4 Å². The number of esters is 1. The Balaban J connectivity index is 1.93. The van der Waals surface area contributed by atoms with Crippen LogP contribution in [0.1, 0.15) is 24.0 Å². The molecule has 1 aromatic carbocycles. The molecule has 124 valence electrons. The minimum Gasteiger partial charge on any atom is -0.505 e. The number of carbonyl (C=O) groups excluding carboxylic acids is 1. The van der Waals surface area contributed by atoms with E-state index in [9.17, 15) is 15.0 Å². The summed E-state index contributed by atoms with van der Waals surface area (Å²) >= 11 is 0. The first-order valence-electron chi connectivity index (χ1n) is 7.86. The van der Waals surface area contributed by atoms with E-state index in [1.165, 1.54) is 7.11 Å². The average Bonchev–Trinajstić information content (AvgIpc) is 3.41. The summed E-state index contributed by atoms with van der Waals surface area (Å²) in [7, 11) is 1.37. The third-order valence-electron chi connectivity index (χ3n) is 4.22. The number of aromatic hydroxyl groups is 2. The number of carbonyl (C=O) groups is 1. The van der Waals surface area contributed by atoms with E-state index in [1.807, 2.05) is 22.8 Å². The SMILES string of the molecule is COC(=O)CCC=Cc1c(O)c(N2CC2)c(C)c(O)c1N1CC1. The van der Waals surface area contributed by atoms with Gasteiger partial charge in [0, 0.05) is 43.7 Å². The number of phenolic OH excluding ortho intramolecular Hbond substituents is 2. The Morgan fingerprint density at radius 2 is 1.74 bits per heavy atom. The molecule has 0 unspecified atom stereocenters. The van der Waals surface area contributed by atoms with Crippen molar-refractivity contribution in [1.29, 1.82) is 0 Å². The van der Waals surface area contributed by atoms with Crippen LogP contribution in [-0.4, -0.2) is 49.5 Å². The normalized spacial score (nSPS) is 16.1. The number of benzene rings is 1. The van der Waals surface area contributed by atoms with Gasteiger partial charge in [0.25, 0.3) is 0 Å². The Bertz CT molecular complexity index is 661. The van der Waals surface area contributed by atoms with E-state index in [2.05, 4.69) is 4.74 Å². The van der Waals surface area contributed by atoms with Gasteiger partial charge in [-0.25, -0.2) is 0 Å². The lowest BCUT2D eigenvalue weighted by Crippen LogP contribution is -2.02. The predicted molar refractivity (Wildman–Crippen MR) is 89.2 cm³/mol. The van der Waals surface area contributed by atoms with Crippen molar-refractivity contribution in [1.82, 2.24) is 0 Å². The smallest absolute Gasteiger partial charge is 0.305 e. The van der Waals surface area contributed by atoms with E-state index >= 15 is 0 Å². The molecule has 23 heavy (non-hydrogen) atoms. The van der Waals surface area contributed by atoms with Crippen LogP contribution in [0.15, 0.2) is 6.08 Å². The molecule has 0 atom stereocenters. The highest BCUT2D eigenvalue weighted by Gasteiger charge is 2.33. The topological polar surface area (TPSA) is 72.8 Å². The van der Waals surface area contributed by atoms with Crippen molar-refractivity contribution in [2.45, 2.75) is 19.8 Å². The molecular formula is C17H22N2O4. The third kappa shape index (κ3) is 3.06. The standard InChI is InChI=1S/C17H22N2O4/c1-11-14(18-7-8-18)17(22)12(5-3-4-6-13(20)23-2)15(16(11)21)19-9-10-19/h3,5,21-22H,4,6-10H2,1-2H3. The van der Waals surface area contributed by atoms with Gasteiger partial charge in [0.15, 0.2) is 0 Å². The molecule has 0 saturated carbocycles. The lowest BCUT2D eigenvalue weighted by atomic mass is 10.0. The molecule has 0 spiro atoms. The fourth-order valence-corrected chi connectivity index (χ4v) is 2.75. The second kappa shape index (κ2) is 6.02. The van der Waals surface area contributed by atoms with Gasteiger partial charge < -0.3 is 24.7 Å². The minimum absolute atomic E-state index is 0.203. The van der Waals surface area contributed by atoms with Crippen molar-refractivity contribution < 1.29 is 19.7 Å². The molecule has 2 fully saturated rings. The molecule has 6 nitrogen and oxygen atoms in total. The zero-order chi connectivity index (χ0) is 16.6. The van der Waals surface area contributed by atoms with Crippen LogP contribution in [-0.2, 0) is 9.53 Å². The van der Waals surface area contributed by atoms with Gasteiger partial charge in [-0.2, -0.15) is 0 Å². The molecule has 2 N–H and O–H groups in total. The van der Waals surface area contributed by atoms with Crippen molar-refractivity contribution in [2.75, 3.05) is 43.1 Å². The molecule has 0 amide bonds. The van der Waals surface area contributed by atoms with Crippen LogP contribution in [0.3, 0.4) is 0 Å². The van der Waals surface area contributed by atoms with Crippen LogP contribution < -0.4 is 9.80 Å². The van der Waals surface area contributed by atoms with Crippen molar-refractivity contribution in [3.8, 4) is 11.5 Å². The molecule has 2 heterocycles. The van der Waals surface area contributed by atoms with Crippen LogP contribution in [0.4, 0.5) is 11.4 Å². The van der Waals surface area contributed by atoms with Gasteiger partial charge in [0.2, 0.25) is 0 Å². The predicted octanol–water partition coefficient (Wildman–Crippen LogP) is 2.01. The Morgan fingerprint density at radius 1 is 1.13 bits per heavy atom. The van der Waals surface area contributed by atoms with Gasteiger partial charge >= 0.3 is 5.97 Å². The van der Waals surface area contributed by atoms with Crippen LogP contribution in [0.5, 0.6) is 11.5 Å². The summed E-state index contributed by atoms with van der Waals surface area (Å²) in [6.45, 7) is 5.36. The number of ether oxygens (including phenoxy) is 1. The number of nitrogens with zero attached hydrogens (tertiary/aromatic N) is 2.